The topological polar surface area (TPSA) is 50.1 Å². The standard InChI is InChI=1S/C22H22N4O2/c1-15-7-8-18(19-11-12-23-26(15)19)24-13-22(14-24)21(27)25-17(9-10-20(25)28-22)16-5-3-2-4-6-16/h2-8,11-12,17,20H,9-10,13-14H2,1H3/t17-,20+/m0/s1. The van der Waals surface area contributed by atoms with E-state index in [9.17, 15) is 4.79 Å². The number of hydrogen-bond acceptors (Lipinski definition) is 4. The van der Waals surface area contributed by atoms with Crippen LogP contribution in [0, 0.1) is 6.92 Å². The van der Waals surface area contributed by atoms with Crippen LogP contribution >= 0.6 is 0 Å². The van der Waals surface area contributed by atoms with Crippen molar-refractivity contribution in [2.24, 2.45) is 0 Å². The highest BCUT2D eigenvalue weighted by Gasteiger charge is 2.62. The molecule has 1 amide bonds. The van der Waals surface area contributed by atoms with Crippen molar-refractivity contribution in [3.63, 3.8) is 0 Å². The number of hydrogen-bond donors (Lipinski definition) is 0. The number of ether oxygens (including phenoxy) is 1. The van der Waals surface area contributed by atoms with E-state index in [0.717, 1.165) is 29.7 Å². The van der Waals surface area contributed by atoms with Crippen molar-refractivity contribution in [3.8, 4) is 0 Å². The number of nitrogens with zero attached hydrogens (tertiary/aromatic N) is 4. The van der Waals surface area contributed by atoms with Gasteiger partial charge in [-0.3, -0.25) is 4.79 Å². The van der Waals surface area contributed by atoms with Gasteiger partial charge in [-0.2, -0.15) is 5.10 Å². The van der Waals surface area contributed by atoms with Crippen LogP contribution in [0.3, 0.4) is 0 Å². The second-order valence-electron chi connectivity index (χ2n) is 8.13. The van der Waals surface area contributed by atoms with Crippen molar-refractivity contribution in [2.45, 2.75) is 37.6 Å². The summed E-state index contributed by atoms with van der Waals surface area (Å²) in [6, 6.07) is 16.7. The zero-order chi connectivity index (χ0) is 18.9. The molecule has 3 aromatic rings. The van der Waals surface area contributed by atoms with Crippen LogP contribution in [0.1, 0.15) is 30.1 Å². The Bertz CT molecular complexity index is 1070. The zero-order valence-electron chi connectivity index (χ0n) is 15.8. The third-order valence-corrected chi connectivity index (χ3v) is 6.46. The highest BCUT2D eigenvalue weighted by Crippen LogP contribution is 2.48. The summed E-state index contributed by atoms with van der Waals surface area (Å²) in [6.45, 7) is 3.25. The monoisotopic (exact) mass is 374 g/mol. The molecule has 6 nitrogen and oxygen atoms in total. The SMILES string of the molecule is Cc1ccc(N2CC3(C2)O[C@@H]2CC[C@@H](c4ccccc4)N2C3=O)c2ccnn12. The first-order chi connectivity index (χ1) is 13.7. The minimum Gasteiger partial charge on any atom is -0.363 e. The lowest BCUT2D eigenvalue weighted by molar-refractivity contribution is -0.140. The second-order valence-corrected chi connectivity index (χ2v) is 8.13. The molecule has 1 aromatic carbocycles. The van der Waals surface area contributed by atoms with Crippen molar-refractivity contribution in [2.75, 3.05) is 18.0 Å². The van der Waals surface area contributed by atoms with Crippen LogP contribution < -0.4 is 4.90 Å². The number of amides is 1. The van der Waals surface area contributed by atoms with Crippen molar-refractivity contribution >= 4 is 17.1 Å². The molecule has 2 aromatic heterocycles. The van der Waals surface area contributed by atoms with E-state index in [0.29, 0.717) is 13.1 Å². The molecule has 3 aliphatic heterocycles. The zero-order valence-corrected chi connectivity index (χ0v) is 15.8. The molecule has 3 aliphatic rings. The quantitative estimate of drug-likeness (QED) is 0.692. The summed E-state index contributed by atoms with van der Waals surface area (Å²) >= 11 is 0. The summed E-state index contributed by atoms with van der Waals surface area (Å²) in [7, 11) is 0. The Morgan fingerprint density at radius 2 is 1.89 bits per heavy atom. The highest BCUT2D eigenvalue weighted by molar-refractivity contribution is 5.92. The van der Waals surface area contributed by atoms with E-state index in [1.54, 1.807) is 0 Å². The van der Waals surface area contributed by atoms with E-state index in [2.05, 4.69) is 34.3 Å². The van der Waals surface area contributed by atoms with Crippen LogP contribution in [0.5, 0.6) is 0 Å². The maximum absolute atomic E-state index is 13.4. The lowest BCUT2D eigenvalue weighted by Gasteiger charge is -2.47. The van der Waals surface area contributed by atoms with Crippen LogP contribution in [-0.2, 0) is 9.53 Å². The molecule has 5 heterocycles. The fourth-order valence-electron chi connectivity index (χ4n) is 5.07. The minimum atomic E-state index is -0.694. The maximum Gasteiger partial charge on any atom is 0.261 e. The van der Waals surface area contributed by atoms with Crippen LogP contribution in [0.2, 0.25) is 0 Å². The van der Waals surface area contributed by atoms with Crippen molar-refractivity contribution in [1.29, 1.82) is 0 Å². The first-order valence-corrected chi connectivity index (χ1v) is 9.90. The Balaban J connectivity index is 1.27. The summed E-state index contributed by atoms with van der Waals surface area (Å²) in [4.78, 5) is 17.6. The smallest absolute Gasteiger partial charge is 0.261 e. The Morgan fingerprint density at radius 3 is 2.71 bits per heavy atom. The van der Waals surface area contributed by atoms with Gasteiger partial charge in [-0.05, 0) is 43.5 Å². The highest BCUT2D eigenvalue weighted by atomic mass is 16.6. The molecule has 0 saturated carbocycles. The van der Waals surface area contributed by atoms with Crippen molar-refractivity contribution in [3.05, 3.63) is 66.0 Å². The van der Waals surface area contributed by atoms with Gasteiger partial charge in [0.1, 0.15) is 6.23 Å². The third-order valence-electron chi connectivity index (χ3n) is 6.46. The molecule has 142 valence electrons. The molecule has 2 atom stereocenters. The fraction of sp³-hybridized carbons (Fsp3) is 0.364. The van der Waals surface area contributed by atoms with Crippen LogP contribution in [0.15, 0.2) is 54.7 Å². The Kier molecular flexibility index (Phi) is 3.21. The van der Waals surface area contributed by atoms with Crippen molar-refractivity contribution in [1.82, 2.24) is 14.5 Å². The summed E-state index contributed by atoms with van der Waals surface area (Å²) in [6.07, 6.45) is 3.60. The largest absolute Gasteiger partial charge is 0.363 e. The fourth-order valence-corrected chi connectivity index (χ4v) is 5.07. The second kappa shape index (κ2) is 5.58. The number of carbonyl (C=O) groups is 1. The lowest BCUT2D eigenvalue weighted by atomic mass is 9.91. The first-order valence-electron chi connectivity index (χ1n) is 9.90. The number of anilines is 1. The van der Waals surface area contributed by atoms with Gasteiger partial charge in [0.2, 0.25) is 0 Å². The van der Waals surface area contributed by atoms with Crippen LogP contribution in [-0.4, -0.2) is 45.3 Å². The number of benzene rings is 1. The molecule has 6 rings (SSSR count). The number of aromatic nitrogens is 2. The third kappa shape index (κ3) is 2.06. The molecule has 3 saturated heterocycles. The van der Waals surface area contributed by atoms with Gasteiger partial charge in [-0.15, -0.1) is 0 Å². The van der Waals surface area contributed by atoms with Gasteiger partial charge in [-0.1, -0.05) is 30.3 Å². The van der Waals surface area contributed by atoms with E-state index < -0.39 is 5.60 Å². The van der Waals surface area contributed by atoms with Gasteiger partial charge in [0.25, 0.3) is 5.91 Å². The van der Waals surface area contributed by atoms with Crippen LogP contribution in [0.25, 0.3) is 5.52 Å². The molecule has 6 heteroatoms. The van der Waals surface area contributed by atoms with Crippen LogP contribution in [0.4, 0.5) is 5.69 Å². The summed E-state index contributed by atoms with van der Waals surface area (Å²) < 4.78 is 8.30. The number of rotatable bonds is 2. The van der Waals surface area contributed by atoms with E-state index in [4.69, 9.17) is 4.74 Å². The molecule has 0 radical (unpaired) electrons. The average Bonchev–Trinajstić information content (AvgIpc) is 3.38. The van der Waals surface area contributed by atoms with Gasteiger partial charge < -0.3 is 14.5 Å². The normalized spacial score (nSPS) is 25.5. The molecular formula is C22H22N4O2. The lowest BCUT2D eigenvalue weighted by Crippen LogP contribution is -2.66. The molecule has 1 spiro atoms. The summed E-state index contributed by atoms with van der Waals surface area (Å²) in [5.74, 6) is 0.150. The van der Waals surface area contributed by atoms with E-state index in [1.165, 1.54) is 5.56 Å². The predicted molar refractivity (Wildman–Crippen MR) is 105 cm³/mol. The molecule has 0 unspecified atom stereocenters. The summed E-state index contributed by atoms with van der Waals surface area (Å²) in [5.41, 5.74) is 3.79. The summed E-state index contributed by atoms with van der Waals surface area (Å²) in [5, 5.41) is 4.40. The molecular weight excluding hydrogens is 352 g/mol. The number of aryl methyl sites for hydroxylation is 1. The van der Waals surface area contributed by atoms with E-state index >= 15 is 0 Å². The van der Waals surface area contributed by atoms with E-state index in [1.807, 2.05) is 46.8 Å². The molecule has 0 N–H and O–H groups in total. The van der Waals surface area contributed by atoms with Gasteiger partial charge in [0, 0.05) is 5.69 Å². The number of pyridine rings is 1. The maximum atomic E-state index is 13.4. The van der Waals surface area contributed by atoms with Crippen molar-refractivity contribution < 1.29 is 9.53 Å². The Morgan fingerprint density at radius 1 is 1.07 bits per heavy atom. The first kappa shape index (κ1) is 16.1. The van der Waals surface area contributed by atoms with Gasteiger partial charge >= 0.3 is 0 Å². The number of fused-ring (bicyclic) bond motifs is 2. The Hall–Kier alpha value is -2.86. The molecule has 0 aliphatic carbocycles. The molecule has 28 heavy (non-hydrogen) atoms. The van der Waals surface area contributed by atoms with Gasteiger partial charge in [-0.25, -0.2) is 4.52 Å². The molecule has 3 fully saturated rings. The Labute approximate surface area is 163 Å². The minimum absolute atomic E-state index is 0.0899. The average molecular weight is 374 g/mol. The molecule has 0 bridgehead atoms. The van der Waals surface area contributed by atoms with E-state index in [-0.39, 0.29) is 18.2 Å². The van der Waals surface area contributed by atoms with Gasteiger partial charge in [0.15, 0.2) is 5.60 Å². The van der Waals surface area contributed by atoms with Gasteiger partial charge in [0.05, 0.1) is 36.5 Å². The number of carbonyl (C=O) groups excluding carboxylic acids is 1. The predicted octanol–water partition coefficient (Wildman–Crippen LogP) is 2.92.